The predicted molar refractivity (Wildman–Crippen MR) is 107 cm³/mol. The summed E-state index contributed by atoms with van der Waals surface area (Å²) in [4.78, 5) is 11.9. The molecule has 0 spiro atoms. The number of rotatable bonds is 10. The zero-order chi connectivity index (χ0) is 18.7. The standard InChI is InChI=1S/C22H28N2O3/c25-22(24-16-21-9-5-15-27-21)17-23-19-10-12-20(13-11-19)26-14-4-8-18-6-2-1-3-7-18/h1-3,6-7,10-13,21,23H,4-5,8-9,14-17H2,(H,24,25). The molecular weight excluding hydrogens is 340 g/mol. The van der Waals surface area contributed by atoms with E-state index in [2.05, 4.69) is 34.9 Å². The highest BCUT2D eigenvalue weighted by Gasteiger charge is 2.15. The van der Waals surface area contributed by atoms with Crippen LogP contribution >= 0.6 is 0 Å². The summed E-state index contributed by atoms with van der Waals surface area (Å²) >= 11 is 0. The monoisotopic (exact) mass is 368 g/mol. The van der Waals surface area contributed by atoms with Gasteiger partial charge in [0, 0.05) is 18.8 Å². The van der Waals surface area contributed by atoms with Crippen molar-refractivity contribution in [2.45, 2.75) is 31.8 Å². The Morgan fingerprint density at radius 1 is 1.11 bits per heavy atom. The molecule has 2 N–H and O–H groups in total. The summed E-state index contributed by atoms with van der Waals surface area (Å²) in [5.74, 6) is 0.822. The lowest BCUT2D eigenvalue weighted by Crippen LogP contribution is -2.35. The molecule has 1 saturated heterocycles. The molecule has 1 atom stereocenters. The summed E-state index contributed by atoms with van der Waals surface area (Å²) in [6, 6.07) is 18.1. The van der Waals surface area contributed by atoms with Crippen LogP contribution in [0.25, 0.3) is 0 Å². The summed E-state index contributed by atoms with van der Waals surface area (Å²) in [5, 5.41) is 6.03. The molecule has 3 rings (SSSR count). The summed E-state index contributed by atoms with van der Waals surface area (Å²) in [6.45, 7) is 2.34. The van der Waals surface area contributed by atoms with Crippen LogP contribution in [0.3, 0.4) is 0 Å². The number of hydrogen-bond donors (Lipinski definition) is 2. The molecule has 0 saturated carbocycles. The van der Waals surface area contributed by atoms with Crippen molar-refractivity contribution in [1.29, 1.82) is 0 Å². The molecule has 1 heterocycles. The minimum Gasteiger partial charge on any atom is -0.494 e. The third-order valence-corrected chi connectivity index (χ3v) is 4.58. The molecule has 1 aliphatic rings. The maximum Gasteiger partial charge on any atom is 0.239 e. The normalized spacial score (nSPS) is 16.1. The smallest absolute Gasteiger partial charge is 0.239 e. The van der Waals surface area contributed by atoms with Gasteiger partial charge in [0.15, 0.2) is 0 Å². The van der Waals surface area contributed by atoms with E-state index in [1.165, 1.54) is 5.56 Å². The van der Waals surface area contributed by atoms with Crippen LogP contribution < -0.4 is 15.4 Å². The van der Waals surface area contributed by atoms with Crippen LogP contribution in [0.15, 0.2) is 54.6 Å². The van der Waals surface area contributed by atoms with Gasteiger partial charge in [0.05, 0.1) is 19.3 Å². The zero-order valence-electron chi connectivity index (χ0n) is 15.7. The van der Waals surface area contributed by atoms with Crippen LogP contribution in [0.2, 0.25) is 0 Å². The number of ether oxygens (including phenoxy) is 2. The van der Waals surface area contributed by atoms with Crippen LogP contribution in [0.4, 0.5) is 5.69 Å². The van der Waals surface area contributed by atoms with Gasteiger partial charge in [0.2, 0.25) is 5.91 Å². The van der Waals surface area contributed by atoms with Gasteiger partial charge in [-0.3, -0.25) is 4.79 Å². The zero-order valence-corrected chi connectivity index (χ0v) is 15.7. The Morgan fingerprint density at radius 3 is 2.67 bits per heavy atom. The van der Waals surface area contributed by atoms with E-state index in [-0.39, 0.29) is 18.6 Å². The van der Waals surface area contributed by atoms with Gasteiger partial charge < -0.3 is 20.1 Å². The molecule has 0 aliphatic carbocycles. The van der Waals surface area contributed by atoms with Crippen molar-refractivity contribution in [3.8, 4) is 5.75 Å². The van der Waals surface area contributed by atoms with Crippen molar-refractivity contribution in [2.24, 2.45) is 0 Å². The number of aryl methyl sites for hydroxylation is 1. The minimum atomic E-state index is -0.0215. The Labute approximate surface area is 161 Å². The number of carbonyl (C=O) groups is 1. The molecular formula is C22H28N2O3. The van der Waals surface area contributed by atoms with E-state index in [0.29, 0.717) is 13.2 Å². The first-order chi connectivity index (χ1) is 13.3. The van der Waals surface area contributed by atoms with E-state index in [1.54, 1.807) is 0 Å². The highest BCUT2D eigenvalue weighted by Crippen LogP contribution is 2.16. The lowest BCUT2D eigenvalue weighted by Gasteiger charge is -2.12. The third-order valence-electron chi connectivity index (χ3n) is 4.58. The average Bonchev–Trinajstić information content (AvgIpc) is 3.23. The first kappa shape index (κ1) is 19.2. The van der Waals surface area contributed by atoms with Gasteiger partial charge in [0.1, 0.15) is 5.75 Å². The maximum absolute atomic E-state index is 11.9. The van der Waals surface area contributed by atoms with E-state index < -0.39 is 0 Å². The molecule has 144 valence electrons. The van der Waals surface area contributed by atoms with Crippen molar-refractivity contribution in [3.63, 3.8) is 0 Å². The van der Waals surface area contributed by atoms with Crippen molar-refractivity contribution in [2.75, 3.05) is 31.6 Å². The second-order valence-corrected chi connectivity index (χ2v) is 6.75. The van der Waals surface area contributed by atoms with Gasteiger partial charge in [-0.15, -0.1) is 0 Å². The van der Waals surface area contributed by atoms with Gasteiger partial charge in [-0.1, -0.05) is 30.3 Å². The Morgan fingerprint density at radius 2 is 1.93 bits per heavy atom. The van der Waals surface area contributed by atoms with Gasteiger partial charge in [0.25, 0.3) is 0 Å². The average molecular weight is 368 g/mol. The molecule has 0 aromatic heterocycles. The van der Waals surface area contributed by atoms with E-state index in [4.69, 9.17) is 9.47 Å². The number of nitrogens with one attached hydrogen (secondary N) is 2. The number of anilines is 1. The third kappa shape index (κ3) is 6.94. The highest BCUT2D eigenvalue weighted by atomic mass is 16.5. The largest absolute Gasteiger partial charge is 0.494 e. The highest BCUT2D eigenvalue weighted by molar-refractivity contribution is 5.80. The van der Waals surface area contributed by atoms with Gasteiger partial charge in [-0.05, 0) is 55.5 Å². The van der Waals surface area contributed by atoms with Crippen LogP contribution in [0, 0.1) is 0 Å². The Kier molecular flexibility index (Phi) is 7.54. The van der Waals surface area contributed by atoms with Crippen molar-refractivity contribution in [1.82, 2.24) is 5.32 Å². The number of benzene rings is 2. The van der Waals surface area contributed by atoms with E-state index >= 15 is 0 Å². The molecule has 2 aromatic rings. The van der Waals surface area contributed by atoms with Crippen LogP contribution in [0.5, 0.6) is 5.75 Å². The second kappa shape index (κ2) is 10.6. The van der Waals surface area contributed by atoms with Crippen molar-refractivity contribution < 1.29 is 14.3 Å². The lowest BCUT2D eigenvalue weighted by atomic mass is 10.1. The summed E-state index contributed by atoms with van der Waals surface area (Å²) < 4.78 is 11.3. The Balaban J connectivity index is 1.30. The van der Waals surface area contributed by atoms with Crippen molar-refractivity contribution >= 4 is 11.6 Å². The van der Waals surface area contributed by atoms with Crippen LogP contribution in [-0.2, 0) is 16.0 Å². The lowest BCUT2D eigenvalue weighted by molar-refractivity contribution is -0.119. The molecule has 27 heavy (non-hydrogen) atoms. The first-order valence-electron chi connectivity index (χ1n) is 9.68. The quantitative estimate of drug-likeness (QED) is 0.631. The molecule has 1 aliphatic heterocycles. The fourth-order valence-electron chi connectivity index (χ4n) is 3.06. The molecule has 5 nitrogen and oxygen atoms in total. The van der Waals surface area contributed by atoms with Gasteiger partial charge >= 0.3 is 0 Å². The Bertz CT molecular complexity index is 682. The molecule has 1 fully saturated rings. The van der Waals surface area contributed by atoms with E-state index in [1.807, 2.05) is 30.3 Å². The Hall–Kier alpha value is -2.53. The fourth-order valence-corrected chi connectivity index (χ4v) is 3.06. The topological polar surface area (TPSA) is 59.6 Å². The molecule has 1 unspecified atom stereocenters. The number of carbonyl (C=O) groups excluding carboxylic acids is 1. The van der Waals surface area contributed by atoms with E-state index in [9.17, 15) is 4.79 Å². The van der Waals surface area contributed by atoms with Crippen molar-refractivity contribution in [3.05, 3.63) is 60.2 Å². The van der Waals surface area contributed by atoms with Gasteiger partial charge in [-0.25, -0.2) is 0 Å². The predicted octanol–water partition coefficient (Wildman–Crippen LogP) is 3.41. The minimum absolute atomic E-state index is 0.0215. The molecule has 1 amide bonds. The van der Waals surface area contributed by atoms with Gasteiger partial charge in [-0.2, -0.15) is 0 Å². The fraction of sp³-hybridized carbons (Fsp3) is 0.409. The van der Waals surface area contributed by atoms with Crippen LogP contribution in [-0.4, -0.2) is 38.3 Å². The van der Waals surface area contributed by atoms with E-state index in [0.717, 1.165) is 43.7 Å². The first-order valence-corrected chi connectivity index (χ1v) is 9.68. The molecule has 5 heteroatoms. The SMILES string of the molecule is O=C(CNc1ccc(OCCCc2ccccc2)cc1)NCC1CCCO1. The molecule has 0 radical (unpaired) electrons. The summed E-state index contributed by atoms with van der Waals surface area (Å²) in [6.07, 6.45) is 4.28. The summed E-state index contributed by atoms with van der Waals surface area (Å²) in [5.41, 5.74) is 2.23. The molecule has 2 aromatic carbocycles. The second-order valence-electron chi connectivity index (χ2n) is 6.75. The summed E-state index contributed by atoms with van der Waals surface area (Å²) in [7, 11) is 0. The number of amides is 1. The maximum atomic E-state index is 11.9. The molecule has 0 bridgehead atoms. The number of hydrogen-bond acceptors (Lipinski definition) is 4. The van der Waals surface area contributed by atoms with Crippen LogP contribution in [0.1, 0.15) is 24.8 Å².